The Hall–Kier alpha value is -0.610. The van der Waals surface area contributed by atoms with Gasteiger partial charge in [0.15, 0.2) is 5.79 Å². The van der Waals surface area contributed by atoms with Gasteiger partial charge in [-0.1, -0.05) is 162 Å². The van der Waals surface area contributed by atoms with Crippen molar-refractivity contribution < 1.29 is 19.7 Å². The highest BCUT2D eigenvalue weighted by molar-refractivity contribution is 5.77. The average Bonchev–Trinajstić information content (AvgIpc) is 3.26. The molecule has 1 fully saturated rings. The third-order valence-corrected chi connectivity index (χ3v) is 9.89. The fourth-order valence-electron chi connectivity index (χ4n) is 7.49. The number of carbonyl (C=O) groups excluding carboxylic acids is 1. The Morgan fingerprint density at radius 2 is 1.00 bits per heavy atom. The molecular formula is C36H70O4. The highest BCUT2D eigenvalue weighted by Crippen LogP contribution is 2.54. The van der Waals surface area contributed by atoms with Gasteiger partial charge in [0.25, 0.3) is 0 Å². The van der Waals surface area contributed by atoms with Crippen molar-refractivity contribution in [1.82, 2.24) is 0 Å². The maximum absolute atomic E-state index is 13.6. The Balaban J connectivity index is 2.75. The lowest BCUT2D eigenvalue weighted by Crippen LogP contribution is -2.42. The van der Waals surface area contributed by atoms with E-state index >= 15 is 0 Å². The van der Waals surface area contributed by atoms with Gasteiger partial charge in [0.05, 0.1) is 12.5 Å². The number of hydrogen-bond acceptors (Lipinski definition) is 4. The Kier molecular flexibility index (Phi) is 21.4. The Bertz CT molecular complexity index is 578. The lowest BCUT2D eigenvalue weighted by atomic mass is 9.64. The van der Waals surface area contributed by atoms with Gasteiger partial charge in [0.1, 0.15) is 0 Å². The number of carbonyl (C=O) groups is 1. The van der Waals surface area contributed by atoms with Crippen LogP contribution in [0.1, 0.15) is 194 Å². The van der Waals surface area contributed by atoms with Crippen molar-refractivity contribution >= 4 is 5.97 Å². The molecule has 1 aliphatic carbocycles. The van der Waals surface area contributed by atoms with Crippen LogP contribution in [0.2, 0.25) is 0 Å². The number of hydrogen-bond donors (Lipinski definition) is 2. The van der Waals surface area contributed by atoms with E-state index in [1.54, 1.807) is 0 Å². The molecule has 0 heterocycles. The van der Waals surface area contributed by atoms with E-state index in [4.69, 9.17) is 4.74 Å². The first-order valence-corrected chi connectivity index (χ1v) is 17.9. The van der Waals surface area contributed by atoms with Crippen molar-refractivity contribution in [3.05, 3.63) is 0 Å². The molecule has 4 nitrogen and oxygen atoms in total. The third kappa shape index (κ3) is 15.0. The quantitative estimate of drug-likeness (QED) is 0.0589. The summed E-state index contributed by atoms with van der Waals surface area (Å²) in [5.41, 5.74) is -0.583. The molecule has 0 aromatic carbocycles. The molecule has 0 aromatic heterocycles. The number of aliphatic hydroxyl groups is 2. The first-order chi connectivity index (χ1) is 19.4. The first kappa shape index (κ1) is 37.4. The highest BCUT2D eigenvalue weighted by Gasteiger charge is 2.55. The van der Waals surface area contributed by atoms with Crippen molar-refractivity contribution in [1.29, 1.82) is 0 Å². The normalized spacial score (nSPS) is 18.9. The fourth-order valence-corrected chi connectivity index (χ4v) is 7.49. The zero-order chi connectivity index (χ0) is 29.5. The fraction of sp³-hybridized carbons (Fsp3) is 0.972. The standard InChI is InChI=1S/C36H70O4/c1-5-8-11-13-15-17-19-21-23-25-28-35(34(37)40-4,29-26-24-22-20-18-16-14-12-9-6-2)33-31-36(38,39)30-32(33)27-10-7-3/h32-33,38-39H,5-31H2,1-4H3. The van der Waals surface area contributed by atoms with Crippen LogP contribution in [0.4, 0.5) is 0 Å². The molecule has 0 saturated heterocycles. The average molecular weight is 567 g/mol. The maximum Gasteiger partial charge on any atom is 0.312 e. The van der Waals surface area contributed by atoms with Crippen molar-refractivity contribution in [2.45, 2.75) is 200 Å². The van der Waals surface area contributed by atoms with Crippen molar-refractivity contribution in [3.63, 3.8) is 0 Å². The summed E-state index contributed by atoms with van der Waals surface area (Å²) < 4.78 is 5.53. The molecule has 2 atom stereocenters. The van der Waals surface area contributed by atoms with Gasteiger partial charge < -0.3 is 14.9 Å². The number of unbranched alkanes of at least 4 members (excludes halogenated alkanes) is 19. The molecule has 238 valence electrons. The van der Waals surface area contributed by atoms with Crippen LogP contribution in [-0.4, -0.2) is 29.1 Å². The van der Waals surface area contributed by atoms with E-state index in [0.717, 1.165) is 57.8 Å². The van der Waals surface area contributed by atoms with E-state index in [2.05, 4.69) is 20.8 Å². The van der Waals surface area contributed by atoms with E-state index < -0.39 is 11.2 Å². The summed E-state index contributed by atoms with van der Waals surface area (Å²) in [4.78, 5) is 13.6. The van der Waals surface area contributed by atoms with Crippen molar-refractivity contribution in [2.75, 3.05) is 7.11 Å². The minimum absolute atomic E-state index is 0.00127. The molecule has 0 radical (unpaired) electrons. The molecule has 1 aliphatic rings. The number of methoxy groups -OCH3 is 1. The minimum atomic E-state index is -1.65. The van der Waals surface area contributed by atoms with Gasteiger partial charge in [-0.15, -0.1) is 0 Å². The molecule has 0 amide bonds. The number of rotatable bonds is 27. The summed E-state index contributed by atoms with van der Waals surface area (Å²) in [7, 11) is 1.54. The van der Waals surface area contributed by atoms with Gasteiger partial charge in [0, 0.05) is 12.8 Å². The van der Waals surface area contributed by atoms with Gasteiger partial charge in [-0.2, -0.15) is 0 Å². The molecule has 2 N–H and O–H groups in total. The Morgan fingerprint density at radius 1 is 0.625 bits per heavy atom. The predicted molar refractivity (Wildman–Crippen MR) is 170 cm³/mol. The lowest BCUT2D eigenvalue weighted by molar-refractivity contribution is -0.168. The Labute approximate surface area is 249 Å². The van der Waals surface area contributed by atoms with Crippen LogP contribution in [0.5, 0.6) is 0 Å². The predicted octanol–water partition coefficient (Wildman–Crippen LogP) is 10.7. The summed E-state index contributed by atoms with van der Waals surface area (Å²) in [5, 5.41) is 21.5. The SMILES string of the molecule is CCCCCCCCCCCCC(CCCCCCCCCCCC)(C(=O)OC)C1CC(O)(O)CC1CCCC. The maximum atomic E-state index is 13.6. The second kappa shape index (κ2) is 22.9. The molecule has 0 aliphatic heterocycles. The van der Waals surface area contributed by atoms with Crippen molar-refractivity contribution in [2.24, 2.45) is 17.3 Å². The van der Waals surface area contributed by atoms with Crippen LogP contribution in [-0.2, 0) is 9.53 Å². The summed E-state index contributed by atoms with van der Waals surface area (Å²) in [6, 6.07) is 0. The van der Waals surface area contributed by atoms with Gasteiger partial charge in [-0.25, -0.2) is 0 Å². The number of esters is 1. The molecule has 4 heteroatoms. The Morgan fingerprint density at radius 3 is 1.38 bits per heavy atom. The molecule has 0 aromatic rings. The zero-order valence-electron chi connectivity index (χ0n) is 27.5. The third-order valence-electron chi connectivity index (χ3n) is 9.89. The summed E-state index contributed by atoms with van der Waals surface area (Å²) >= 11 is 0. The summed E-state index contributed by atoms with van der Waals surface area (Å²) in [6.45, 7) is 6.73. The zero-order valence-corrected chi connectivity index (χ0v) is 27.5. The first-order valence-electron chi connectivity index (χ1n) is 17.9. The van der Waals surface area contributed by atoms with Gasteiger partial charge >= 0.3 is 5.97 Å². The molecule has 0 spiro atoms. The van der Waals surface area contributed by atoms with Gasteiger partial charge in [-0.05, 0) is 31.1 Å². The van der Waals surface area contributed by atoms with E-state index in [1.807, 2.05) is 0 Å². The molecule has 0 bridgehead atoms. The highest BCUT2D eigenvalue weighted by atomic mass is 16.5. The van der Waals surface area contributed by atoms with Crippen LogP contribution in [0.25, 0.3) is 0 Å². The van der Waals surface area contributed by atoms with Crippen molar-refractivity contribution in [3.8, 4) is 0 Å². The summed E-state index contributed by atoms with van der Waals surface area (Å²) in [5.74, 6) is -1.57. The molecule has 1 rings (SSSR count). The summed E-state index contributed by atoms with van der Waals surface area (Å²) in [6.07, 6.45) is 31.0. The van der Waals surface area contributed by atoms with Crippen LogP contribution >= 0.6 is 0 Å². The molecular weight excluding hydrogens is 496 g/mol. The molecule has 2 unspecified atom stereocenters. The second-order valence-corrected chi connectivity index (χ2v) is 13.4. The van der Waals surface area contributed by atoms with E-state index in [9.17, 15) is 15.0 Å². The van der Waals surface area contributed by atoms with E-state index in [1.165, 1.54) is 110 Å². The van der Waals surface area contributed by atoms with E-state index in [0.29, 0.717) is 12.8 Å². The molecule has 1 saturated carbocycles. The second-order valence-electron chi connectivity index (χ2n) is 13.4. The van der Waals surface area contributed by atoms with Crippen LogP contribution in [0, 0.1) is 17.3 Å². The van der Waals surface area contributed by atoms with E-state index in [-0.39, 0.29) is 17.8 Å². The van der Waals surface area contributed by atoms with Gasteiger partial charge in [-0.3, -0.25) is 4.79 Å². The smallest absolute Gasteiger partial charge is 0.312 e. The topological polar surface area (TPSA) is 66.8 Å². The van der Waals surface area contributed by atoms with Crippen LogP contribution in [0.3, 0.4) is 0 Å². The lowest BCUT2D eigenvalue weighted by Gasteiger charge is -2.40. The molecule has 40 heavy (non-hydrogen) atoms. The largest absolute Gasteiger partial charge is 0.469 e. The minimum Gasteiger partial charge on any atom is -0.469 e. The van der Waals surface area contributed by atoms with Crippen LogP contribution in [0.15, 0.2) is 0 Å². The monoisotopic (exact) mass is 567 g/mol. The van der Waals surface area contributed by atoms with Gasteiger partial charge in [0.2, 0.25) is 0 Å². The van der Waals surface area contributed by atoms with Crippen LogP contribution < -0.4 is 0 Å². The number of ether oxygens (including phenoxy) is 1.